The molecule has 1 fully saturated rings. The molecule has 0 unspecified atom stereocenters. The molecule has 1 heterocycles. The van der Waals surface area contributed by atoms with Gasteiger partial charge in [-0.05, 0) is 29.8 Å². The highest BCUT2D eigenvalue weighted by atomic mass is 35.5. The molecule has 10 heteroatoms. The van der Waals surface area contributed by atoms with Crippen LogP contribution in [0.4, 0.5) is 4.39 Å². The van der Waals surface area contributed by atoms with E-state index in [1.54, 1.807) is 19.2 Å². The Morgan fingerprint density at radius 3 is 2.38 bits per heavy atom. The number of hydrogen-bond donors (Lipinski definition) is 0. The summed E-state index contributed by atoms with van der Waals surface area (Å²) >= 11 is 12.3. The van der Waals surface area contributed by atoms with Crippen LogP contribution in [-0.4, -0.2) is 56.9 Å². The molecule has 1 aliphatic rings. The molecule has 2 aromatic carbocycles. The molecule has 0 N–H and O–H groups in total. The van der Waals surface area contributed by atoms with Crippen molar-refractivity contribution >= 4 is 39.1 Å². The molecule has 29 heavy (non-hydrogen) atoms. The van der Waals surface area contributed by atoms with Gasteiger partial charge in [-0.1, -0.05) is 35.3 Å². The largest absolute Gasteiger partial charge is 0.379 e. The van der Waals surface area contributed by atoms with Crippen LogP contribution in [0.5, 0.6) is 0 Å². The lowest BCUT2D eigenvalue weighted by Crippen LogP contribution is -2.40. The predicted octanol–water partition coefficient (Wildman–Crippen LogP) is 3.43. The van der Waals surface area contributed by atoms with Gasteiger partial charge in [-0.2, -0.15) is 4.31 Å². The van der Waals surface area contributed by atoms with Crippen molar-refractivity contribution in [3.63, 3.8) is 0 Å². The molecular formula is C19H19Cl2FN2O4S. The Kier molecular flexibility index (Phi) is 6.80. The van der Waals surface area contributed by atoms with Crippen LogP contribution in [0.15, 0.2) is 41.3 Å². The first-order valence-corrected chi connectivity index (χ1v) is 11.0. The number of halogens is 3. The lowest BCUT2D eigenvalue weighted by Gasteiger charge is -2.27. The smallest absolute Gasteiger partial charge is 0.255 e. The van der Waals surface area contributed by atoms with Crippen molar-refractivity contribution in [3.05, 3.63) is 63.4 Å². The minimum Gasteiger partial charge on any atom is -0.379 e. The van der Waals surface area contributed by atoms with E-state index in [9.17, 15) is 17.6 Å². The van der Waals surface area contributed by atoms with E-state index in [4.69, 9.17) is 27.9 Å². The second-order valence-corrected chi connectivity index (χ2v) is 9.29. The SMILES string of the molecule is CN(Cc1ccc(F)cc1)C(=O)c1cc(S(=O)(=O)N2CCOCC2)c(Cl)cc1Cl. The molecule has 0 atom stereocenters. The fourth-order valence-electron chi connectivity index (χ4n) is 2.96. The summed E-state index contributed by atoms with van der Waals surface area (Å²) in [5, 5.41) is -0.00823. The Labute approximate surface area is 178 Å². The molecule has 0 aliphatic carbocycles. The van der Waals surface area contributed by atoms with Crippen LogP contribution >= 0.6 is 23.2 Å². The molecule has 1 aliphatic heterocycles. The number of hydrogen-bond acceptors (Lipinski definition) is 4. The molecule has 0 bridgehead atoms. The van der Waals surface area contributed by atoms with Gasteiger partial charge in [0, 0.05) is 26.7 Å². The average Bonchev–Trinajstić information content (AvgIpc) is 2.69. The third-order valence-corrected chi connectivity index (χ3v) is 7.20. The van der Waals surface area contributed by atoms with Gasteiger partial charge in [0.1, 0.15) is 10.7 Å². The van der Waals surface area contributed by atoms with Crippen molar-refractivity contribution in [3.8, 4) is 0 Å². The molecule has 1 saturated heterocycles. The van der Waals surface area contributed by atoms with E-state index in [0.29, 0.717) is 5.56 Å². The summed E-state index contributed by atoms with van der Waals surface area (Å²) in [6.07, 6.45) is 0. The molecular weight excluding hydrogens is 442 g/mol. The highest BCUT2D eigenvalue weighted by Crippen LogP contribution is 2.31. The monoisotopic (exact) mass is 460 g/mol. The summed E-state index contributed by atoms with van der Waals surface area (Å²) < 4.78 is 45.5. The third kappa shape index (κ3) is 4.90. The summed E-state index contributed by atoms with van der Waals surface area (Å²) in [4.78, 5) is 14.1. The number of nitrogens with zero attached hydrogens (tertiary/aromatic N) is 2. The van der Waals surface area contributed by atoms with Gasteiger partial charge in [-0.25, -0.2) is 12.8 Å². The third-order valence-electron chi connectivity index (χ3n) is 4.52. The zero-order chi connectivity index (χ0) is 21.2. The zero-order valence-electron chi connectivity index (χ0n) is 15.6. The highest BCUT2D eigenvalue weighted by Gasteiger charge is 2.30. The van der Waals surface area contributed by atoms with Gasteiger partial charge >= 0.3 is 0 Å². The van der Waals surface area contributed by atoms with Crippen molar-refractivity contribution in [2.24, 2.45) is 0 Å². The Bertz CT molecular complexity index is 1010. The second kappa shape index (κ2) is 8.97. The predicted molar refractivity (Wildman–Crippen MR) is 108 cm³/mol. The summed E-state index contributed by atoms with van der Waals surface area (Å²) in [5.41, 5.74) is 0.737. The lowest BCUT2D eigenvalue weighted by atomic mass is 10.1. The number of carbonyl (C=O) groups is 1. The lowest BCUT2D eigenvalue weighted by molar-refractivity contribution is 0.0730. The molecule has 156 valence electrons. The summed E-state index contributed by atoms with van der Waals surface area (Å²) in [5.74, 6) is -0.851. The van der Waals surface area contributed by atoms with Crippen LogP contribution in [0.25, 0.3) is 0 Å². The number of sulfonamides is 1. The zero-order valence-corrected chi connectivity index (χ0v) is 17.9. The van der Waals surface area contributed by atoms with E-state index >= 15 is 0 Å². The van der Waals surface area contributed by atoms with E-state index in [0.717, 1.165) is 0 Å². The molecule has 0 spiro atoms. The Hall–Kier alpha value is -1.71. The fourth-order valence-corrected chi connectivity index (χ4v) is 5.19. The van der Waals surface area contributed by atoms with E-state index in [2.05, 4.69) is 0 Å². The first-order valence-electron chi connectivity index (χ1n) is 8.77. The van der Waals surface area contributed by atoms with Crippen molar-refractivity contribution in [1.29, 1.82) is 0 Å². The van der Waals surface area contributed by atoms with E-state index < -0.39 is 15.9 Å². The van der Waals surface area contributed by atoms with Gasteiger partial charge < -0.3 is 9.64 Å². The van der Waals surface area contributed by atoms with Gasteiger partial charge in [0.05, 0.1) is 28.8 Å². The van der Waals surface area contributed by atoms with E-state index in [1.807, 2.05) is 0 Å². The molecule has 0 radical (unpaired) electrons. The van der Waals surface area contributed by atoms with Crippen LogP contribution in [0.3, 0.4) is 0 Å². The quantitative estimate of drug-likeness (QED) is 0.685. The van der Waals surface area contributed by atoms with E-state index in [-0.39, 0.29) is 59.2 Å². The van der Waals surface area contributed by atoms with Gasteiger partial charge in [-0.15, -0.1) is 0 Å². The fraction of sp³-hybridized carbons (Fsp3) is 0.316. The van der Waals surface area contributed by atoms with Crippen LogP contribution in [-0.2, 0) is 21.3 Å². The average molecular weight is 461 g/mol. The summed E-state index contributed by atoms with van der Waals surface area (Å²) in [6.45, 7) is 1.18. The van der Waals surface area contributed by atoms with E-state index in [1.165, 1.54) is 33.5 Å². The van der Waals surface area contributed by atoms with Gasteiger partial charge in [0.25, 0.3) is 5.91 Å². The standard InChI is InChI=1S/C19H19Cl2FN2O4S/c1-23(12-13-2-4-14(22)5-3-13)19(25)15-10-18(17(21)11-16(15)20)29(26,27)24-6-8-28-9-7-24/h2-5,10-11H,6-9,12H2,1H3. The van der Waals surface area contributed by atoms with Crippen LogP contribution < -0.4 is 0 Å². The van der Waals surface area contributed by atoms with Crippen LogP contribution in [0.1, 0.15) is 15.9 Å². The van der Waals surface area contributed by atoms with Crippen molar-refractivity contribution in [2.45, 2.75) is 11.4 Å². The number of carbonyl (C=O) groups excluding carboxylic acids is 1. The van der Waals surface area contributed by atoms with Crippen molar-refractivity contribution in [1.82, 2.24) is 9.21 Å². The number of rotatable bonds is 5. The molecule has 6 nitrogen and oxygen atoms in total. The van der Waals surface area contributed by atoms with Crippen molar-refractivity contribution in [2.75, 3.05) is 33.4 Å². The van der Waals surface area contributed by atoms with Gasteiger partial charge in [0.15, 0.2) is 0 Å². The normalized spacial score (nSPS) is 15.3. The molecule has 0 aromatic heterocycles. The molecule has 1 amide bonds. The molecule has 0 saturated carbocycles. The Balaban J connectivity index is 1.89. The highest BCUT2D eigenvalue weighted by molar-refractivity contribution is 7.89. The second-order valence-electron chi connectivity index (χ2n) is 6.57. The summed E-state index contributed by atoms with van der Waals surface area (Å²) in [7, 11) is -2.36. The molecule has 3 rings (SSSR count). The maximum Gasteiger partial charge on any atom is 0.255 e. The van der Waals surface area contributed by atoms with Gasteiger partial charge in [-0.3, -0.25) is 4.79 Å². The minimum absolute atomic E-state index is 0.0208. The van der Waals surface area contributed by atoms with Crippen LogP contribution in [0, 0.1) is 5.82 Å². The topological polar surface area (TPSA) is 66.9 Å². The maximum atomic E-state index is 13.1. The number of benzene rings is 2. The first kappa shape index (κ1) is 22.0. The minimum atomic E-state index is -3.90. The Morgan fingerprint density at radius 2 is 1.76 bits per heavy atom. The van der Waals surface area contributed by atoms with Gasteiger partial charge in [0.2, 0.25) is 10.0 Å². The van der Waals surface area contributed by atoms with Crippen LogP contribution in [0.2, 0.25) is 10.0 Å². The van der Waals surface area contributed by atoms with Crippen molar-refractivity contribution < 1.29 is 22.3 Å². The number of morpholine rings is 1. The summed E-state index contributed by atoms with van der Waals surface area (Å²) in [6, 6.07) is 8.20. The number of ether oxygens (including phenoxy) is 1. The maximum absolute atomic E-state index is 13.1. The Morgan fingerprint density at radius 1 is 1.14 bits per heavy atom. The molecule has 2 aromatic rings. The first-order chi connectivity index (χ1) is 13.7. The number of amides is 1.